The van der Waals surface area contributed by atoms with E-state index in [9.17, 15) is 0 Å². The van der Waals surface area contributed by atoms with Crippen LogP contribution in [0, 0.1) is 0 Å². The Morgan fingerprint density at radius 2 is 0.927 bits per heavy atom. The molecule has 0 spiro atoms. The summed E-state index contributed by atoms with van der Waals surface area (Å²) in [5, 5.41) is 2.49. The van der Waals surface area contributed by atoms with Crippen LogP contribution < -0.4 is 0 Å². The molecule has 0 fully saturated rings. The molecule has 0 bridgehead atoms. The highest BCUT2D eigenvalue weighted by molar-refractivity contribution is 6.08. The topological polar surface area (TPSA) is 54.5 Å². The Bertz CT molecular complexity index is 2000. The molecule has 1 N–H and O–H groups in total. The SMILES string of the molecule is CC(C)(C)c1ccc(-c2nc(-c3ccccc3)nc(-c3ccc(-c4ccc5c(c4)[nH]c4ccccc45)cc3)n2)cc1. The van der Waals surface area contributed by atoms with Crippen LogP contribution >= 0.6 is 0 Å². The van der Waals surface area contributed by atoms with E-state index < -0.39 is 0 Å². The molecule has 2 aromatic heterocycles. The van der Waals surface area contributed by atoms with Crippen molar-refractivity contribution in [1.29, 1.82) is 0 Å². The molecule has 41 heavy (non-hydrogen) atoms. The molecule has 7 rings (SSSR count). The number of para-hydroxylation sites is 1. The number of fused-ring (bicyclic) bond motifs is 3. The van der Waals surface area contributed by atoms with Crippen molar-refractivity contribution in [3.05, 3.63) is 127 Å². The summed E-state index contributed by atoms with van der Waals surface area (Å²) in [5.74, 6) is 1.99. The van der Waals surface area contributed by atoms with Crippen LogP contribution in [-0.4, -0.2) is 19.9 Å². The molecule has 5 aromatic carbocycles. The molecule has 0 aliphatic rings. The summed E-state index contributed by atoms with van der Waals surface area (Å²) < 4.78 is 0. The summed E-state index contributed by atoms with van der Waals surface area (Å²) >= 11 is 0. The van der Waals surface area contributed by atoms with Crippen LogP contribution in [0.15, 0.2) is 121 Å². The molecule has 2 heterocycles. The molecule has 0 aliphatic carbocycles. The number of aromatic nitrogens is 4. The molecule has 0 atom stereocenters. The summed E-state index contributed by atoms with van der Waals surface area (Å²) in [6.07, 6.45) is 0. The van der Waals surface area contributed by atoms with Gasteiger partial charge in [0, 0.05) is 38.5 Å². The Morgan fingerprint density at radius 1 is 0.439 bits per heavy atom. The van der Waals surface area contributed by atoms with Gasteiger partial charge < -0.3 is 4.98 Å². The van der Waals surface area contributed by atoms with Crippen molar-refractivity contribution in [2.75, 3.05) is 0 Å². The van der Waals surface area contributed by atoms with Crippen LogP contribution in [0.5, 0.6) is 0 Å². The molecular weight excluding hydrogens is 500 g/mol. The van der Waals surface area contributed by atoms with Crippen LogP contribution in [0.25, 0.3) is 67.1 Å². The number of nitrogens with zero attached hydrogens (tertiary/aromatic N) is 3. The van der Waals surface area contributed by atoms with Crippen molar-refractivity contribution < 1.29 is 0 Å². The molecular formula is C37H30N4. The lowest BCUT2D eigenvalue weighted by Gasteiger charge is -2.19. The van der Waals surface area contributed by atoms with Gasteiger partial charge in [-0.05, 0) is 34.2 Å². The summed E-state index contributed by atoms with van der Waals surface area (Å²) in [6, 6.07) is 42.2. The van der Waals surface area contributed by atoms with Gasteiger partial charge in [-0.1, -0.05) is 130 Å². The lowest BCUT2D eigenvalue weighted by molar-refractivity contribution is 0.590. The van der Waals surface area contributed by atoms with E-state index in [1.54, 1.807) is 0 Å². The van der Waals surface area contributed by atoms with Crippen molar-refractivity contribution >= 4 is 21.8 Å². The van der Waals surface area contributed by atoms with Crippen LogP contribution in [0.3, 0.4) is 0 Å². The zero-order valence-electron chi connectivity index (χ0n) is 23.4. The lowest BCUT2D eigenvalue weighted by Crippen LogP contribution is -2.10. The van der Waals surface area contributed by atoms with E-state index in [1.165, 1.54) is 16.3 Å². The second kappa shape index (κ2) is 9.83. The minimum atomic E-state index is 0.0820. The van der Waals surface area contributed by atoms with Crippen LogP contribution in [0.1, 0.15) is 26.3 Å². The summed E-state index contributed by atoms with van der Waals surface area (Å²) in [4.78, 5) is 18.3. The number of rotatable bonds is 4. The van der Waals surface area contributed by atoms with Crippen LogP contribution in [-0.2, 0) is 5.41 Å². The van der Waals surface area contributed by atoms with E-state index in [-0.39, 0.29) is 5.41 Å². The van der Waals surface area contributed by atoms with E-state index in [4.69, 9.17) is 15.0 Å². The highest BCUT2D eigenvalue weighted by Crippen LogP contribution is 2.32. The third-order valence-electron chi connectivity index (χ3n) is 7.66. The van der Waals surface area contributed by atoms with Crippen molar-refractivity contribution in [2.24, 2.45) is 0 Å². The van der Waals surface area contributed by atoms with E-state index in [0.29, 0.717) is 17.5 Å². The van der Waals surface area contributed by atoms with E-state index in [2.05, 4.69) is 117 Å². The number of aromatic amines is 1. The molecule has 4 nitrogen and oxygen atoms in total. The second-order valence-electron chi connectivity index (χ2n) is 11.5. The minimum Gasteiger partial charge on any atom is -0.354 e. The van der Waals surface area contributed by atoms with Gasteiger partial charge in [-0.2, -0.15) is 0 Å². The fourth-order valence-electron chi connectivity index (χ4n) is 5.32. The standard InChI is InChI=1S/C37H30N4/c1-37(2,3)29-20-17-27(18-21-29)36-40-34(25-9-5-4-6-10-25)39-35(41-36)26-15-13-24(14-16-26)28-19-22-31-30-11-7-8-12-32(30)38-33(31)23-28/h4-23,38H,1-3H3. The average molecular weight is 531 g/mol. The maximum atomic E-state index is 4.93. The molecule has 0 radical (unpaired) electrons. The molecule has 0 saturated heterocycles. The zero-order valence-corrected chi connectivity index (χ0v) is 23.4. The molecule has 0 amide bonds. The number of H-pyrrole nitrogens is 1. The Morgan fingerprint density at radius 3 is 1.56 bits per heavy atom. The Kier molecular flexibility index (Phi) is 5.97. The first-order chi connectivity index (χ1) is 19.9. The third-order valence-corrected chi connectivity index (χ3v) is 7.66. The van der Waals surface area contributed by atoms with Crippen molar-refractivity contribution in [1.82, 2.24) is 19.9 Å². The normalized spacial score (nSPS) is 11.8. The fraction of sp³-hybridized carbons (Fsp3) is 0.108. The summed E-state index contributed by atoms with van der Waals surface area (Å²) in [5.41, 5.74) is 8.85. The minimum absolute atomic E-state index is 0.0820. The summed E-state index contributed by atoms with van der Waals surface area (Å²) in [7, 11) is 0. The predicted octanol–water partition coefficient (Wildman–Crippen LogP) is 9.47. The number of hydrogen-bond acceptors (Lipinski definition) is 3. The number of nitrogens with one attached hydrogen (secondary N) is 1. The average Bonchev–Trinajstić information content (AvgIpc) is 3.39. The molecule has 0 saturated carbocycles. The quantitative estimate of drug-likeness (QED) is 0.247. The highest BCUT2D eigenvalue weighted by atomic mass is 15.0. The highest BCUT2D eigenvalue weighted by Gasteiger charge is 2.16. The lowest BCUT2D eigenvalue weighted by atomic mass is 9.87. The maximum Gasteiger partial charge on any atom is 0.164 e. The van der Waals surface area contributed by atoms with Crippen molar-refractivity contribution in [3.63, 3.8) is 0 Å². The first-order valence-electron chi connectivity index (χ1n) is 14.0. The van der Waals surface area contributed by atoms with E-state index in [0.717, 1.165) is 38.9 Å². The zero-order chi connectivity index (χ0) is 28.0. The third kappa shape index (κ3) is 4.78. The van der Waals surface area contributed by atoms with Gasteiger partial charge in [0.25, 0.3) is 0 Å². The van der Waals surface area contributed by atoms with Crippen LogP contribution in [0.4, 0.5) is 0 Å². The van der Waals surface area contributed by atoms with Gasteiger partial charge in [-0.25, -0.2) is 15.0 Å². The van der Waals surface area contributed by atoms with Gasteiger partial charge in [0.2, 0.25) is 0 Å². The number of hydrogen-bond donors (Lipinski definition) is 1. The molecule has 0 unspecified atom stereocenters. The predicted molar refractivity (Wildman–Crippen MR) is 170 cm³/mol. The molecule has 0 aliphatic heterocycles. The maximum absolute atomic E-state index is 4.93. The monoisotopic (exact) mass is 530 g/mol. The smallest absolute Gasteiger partial charge is 0.164 e. The first-order valence-corrected chi connectivity index (χ1v) is 14.0. The van der Waals surface area contributed by atoms with Gasteiger partial charge in [0.1, 0.15) is 0 Å². The van der Waals surface area contributed by atoms with Gasteiger partial charge in [0.05, 0.1) is 0 Å². The Balaban J connectivity index is 1.27. The van der Waals surface area contributed by atoms with Gasteiger partial charge >= 0.3 is 0 Å². The van der Waals surface area contributed by atoms with Crippen LogP contribution in [0.2, 0.25) is 0 Å². The van der Waals surface area contributed by atoms with Gasteiger partial charge in [0.15, 0.2) is 17.5 Å². The largest absolute Gasteiger partial charge is 0.354 e. The van der Waals surface area contributed by atoms with Crippen molar-refractivity contribution in [2.45, 2.75) is 26.2 Å². The summed E-state index contributed by atoms with van der Waals surface area (Å²) in [6.45, 7) is 6.66. The Labute approximate surface area is 239 Å². The molecule has 4 heteroatoms. The second-order valence-corrected chi connectivity index (χ2v) is 11.5. The first kappa shape index (κ1) is 24.9. The van der Waals surface area contributed by atoms with Gasteiger partial charge in [-0.3, -0.25) is 0 Å². The number of benzene rings is 5. The Hall–Kier alpha value is -5.09. The van der Waals surface area contributed by atoms with Gasteiger partial charge in [-0.15, -0.1) is 0 Å². The van der Waals surface area contributed by atoms with E-state index in [1.807, 2.05) is 30.3 Å². The van der Waals surface area contributed by atoms with Crippen molar-refractivity contribution in [3.8, 4) is 45.3 Å². The van der Waals surface area contributed by atoms with E-state index >= 15 is 0 Å². The molecule has 7 aromatic rings. The fourth-order valence-corrected chi connectivity index (χ4v) is 5.32. The molecule has 198 valence electrons.